The first-order valence-electron chi connectivity index (χ1n) is 8.87. The van der Waals surface area contributed by atoms with Crippen molar-refractivity contribution in [1.82, 2.24) is 5.32 Å². The van der Waals surface area contributed by atoms with E-state index in [1.165, 1.54) is 29.5 Å². The normalized spacial score (nSPS) is 12.4. The number of nitrogens with one attached hydrogen (secondary N) is 1. The molecule has 2 aromatic rings. The molecule has 0 aliphatic carbocycles. The van der Waals surface area contributed by atoms with Crippen LogP contribution in [0.2, 0.25) is 0 Å². The van der Waals surface area contributed by atoms with E-state index >= 15 is 0 Å². The molecule has 0 unspecified atom stereocenters. The molecule has 0 saturated carbocycles. The molecular formula is C21H26N2O3S. The number of non-ortho nitro benzene ring substituents is 1. The van der Waals surface area contributed by atoms with E-state index in [9.17, 15) is 14.9 Å². The largest absolute Gasteiger partial charge is 0.349 e. The average Bonchev–Trinajstić information content (AvgIpc) is 2.61. The molecule has 0 heterocycles. The molecule has 27 heavy (non-hydrogen) atoms. The summed E-state index contributed by atoms with van der Waals surface area (Å²) in [5.41, 5.74) is 3.50. The summed E-state index contributed by atoms with van der Waals surface area (Å²) in [4.78, 5) is 22.4. The zero-order valence-corrected chi connectivity index (χ0v) is 17.0. The molecule has 0 aliphatic rings. The summed E-state index contributed by atoms with van der Waals surface area (Å²) in [6, 6.07) is 14.7. The Labute approximate surface area is 164 Å². The Kier molecular flexibility index (Phi) is 7.02. The molecule has 0 aliphatic heterocycles. The molecule has 1 amide bonds. The molecule has 0 radical (unpaired) electrons. The van der Waals surface area contributed by atoms with Crippen LogP contribution < -0.4 is 5.32 Å². The number of rotatable bonds is 7. The average molecular weight is 387 g/mol. The molecule has 0 bridgehead atoms. The molecule has 2 rings (SSSR count). The summed E-state index contributed by atoms with van der Waals surface area (Å²) in [5, 5.41) is 13.7. The molecule has 0 saturated heterocycles. The van der Waals surface area contributed by atoms with Crippen molar-refractivity contribution >= 4 is 23.4 Å². The fraction of sp³-hybridized carbons (Fsp3) is 0.381. The number of thioether (sulfide) groups is 1. The van der Waals surface area contributed by atoms with Gasteiger partial charge < -0.3 is 5.32 Å². The van der Waals surface area contributed by atoms with Crippen molar-refractivity contribution < 1.29 is 9.72 Å². The van der Waals surface area contributed by atoms with Gasteiger partial charge in [0.1, 0.15) is 0 Å². The monoisotopic (exact) mass is 386 g/mol. The van der Waals surface area contributed by atoms with Gasteiger partial charge in [-0.2, -0.15) is 0 Å². The number of nitro benzene ring substituents is 1. The van der Waals surface area contributed by atoms with Crippen molar-refractivity contribution in [2.24, 2.45) is 0 Å². The second-order valence-corrected chi connectivity index (χ2v) is 8.56. The molecule has 6 heteroatoms. The quantitative estimate of drug-likeness (QED) is 0.537. The van der Waals surface area contributed by atoms with E-state index < -0.39 is 4.92 Å². The molecule has 0 spiro atoms. The van der Waals surface area contributed by atoms with Gasteiger partial charge in [-0.25, -0.2) is 0 Å². The molecule has 1 atom stereocenters. The highest BCUT2D eigenvalue weighted by Gasteiger charge is 2.15. The number of hydrogen-bond donors (Lipinski definition) is 1. The van der Waals surface area contributed by atoms with E-state index in [2.05, 4.69) is 50.4 Å². The predicted octanol–water partition coefficient (Wildman–Crippen LogP) is 5.00. The van der Waals surface area contributed by atoms with E-state index in [0.29, 0.717) is 11.5 Å². The topological polar surface area (TPSA) is 72.2 Å². The third-order valence-electron chi connectivity index (χ3n) is 4.30. The Morgan fingerprint density at radius 3 is 2.22 bits per heavy atom. The van der Waals surface area contributed by atoms with Crippen LogP contribution in [0.4, 0.5) is 5.69 Å². The highest BCUT2D eigenvalue weighted by Crippen LogP contribution is 2.24. The lowest BCUT2D eigenvalue weighted by Gasteiger charge is -2.20. The predicted molar refractivity (Wildman–Crippen MR) is 111 cm³/mol. The summed E-state index contributed by atoms with van der Waals surface area (Å²) < 4.78 is 0. The van der Waals surface area contributed by atoms with Crippen molar-refractivity contribution in [2.75, 3.05) is 5.75 Å². The van der Waals surface area contributed by atoms with Gasteiger partial charge in [-0.05, 0) is 29.0 Å². The molecule has 1 N–H and O–H groups in total. The Morgan fingerprint density at radius 2 is 1.70 bits per heavy atom. The minimum Gasteiger partial charge on any atom is -0.349 e. The minimum absolute atomic E-state index is 0.0192. The number of amides is 1. The van der Waals surface area contributed by atoms with Gasteiger partial charge in [0, 0.05) is 17.9 Å². The van der Waals surface area contributed by atoms with Gasteiger partial charge in [0.2, 0.25) is 5.91 Å². The second-order valence-electron chi connectivity index (χ2n) is 7.58. The van der Waals surface area contributed by atoms with Crippen LogP contribution in [0.1, 0.15) is 50.4 Å². The summed E-state index contributed by atoms with van der Waals surface area (Å²) in [6.45, 7) is 8.51. The summed E-state index contributed by atoms with van der Waals surface area (Å²) >= 11 is 1.49. The summed E-state index contributed by atoms with van der Waals surface area (Å²) in [5.74, 6) is 0.968. The fourth-order valence-corrected chi connectivity index (χ4v) is 3.41. The van der Waals surface area contributed by atoms with Gasteiger partial charge in [0.25, 0.3) is 5.69 Å². The Balaban J connectivity index is 1.80. The van der Waals surface area contributed by atoms with Crippen LogP contribution in [0.25, 0.3) is 0 Å². The lowest BCUT2D eigenvalue weighted by atomic mass is 9.86. The lowest BCUT2D eigenvalue weighted by Crippen LogP contribution is -2.28. The standard InChI is InChI=1S/C21H26N2O3S/c1-15(17-7-9-18(10-8-17)21(2,3)4)22-20(24)14-27-13-16-5-11-19(12-6-16)23(25)26/h5-12,15H,13-14H2,1-4H3,(H,22,24)/t15-/m0/s1. The molecule has 5 nitrogen and oxygen atoms in total. The summed E-state index contributed by atoms with van der Waals surface area (Å²) in [6.07, 6.45) is 0. The van der Waals surface area contributed by atoms with Crippen molar-refractivity contribution in [3.8, 4) is 0 Å². The van der Waals surface area contributed by atoms with E-state index in [0.717, 1.165) is 11.1 Å². The first-order valence-corrected chi connectivity index (χ1v) is 10.0. The SMILES string of the molecule is C[C@H](NC(=O)CSCc1ccc([N+](=O)[O-])cc1)c1ccc(C(C)(C)C)cc1. The maximum Gasteiger partial charge on any atom is 0.269 e. The first-order chi connectivity index (χ1) is 12.7. The van der Waals surface area contributed by atoms with Crippen LogP contribution in [0.15, 0.2) is 48.5 Å². The van der Waals surface area contributed by atoms with E-state index in [1.807, 2.05) is 6.92 Å². The third-order valence-corrected chi connectivity index (χ3v) is 5.31. The Morgan fingerprint density at radius 1 is 1.11 bits per heavy atom. The van der Waals surface area contributed by atoms with Crippen LogP contribution in [-0.4, -0.2) is 16.6 Å². The highest BCUT2D eigenvalue weighted by molar-refractivity contribution is 7.99. The van der Waals surface area contributed by atoms with Crippen molar-refractivity contribution in [3.63, 3.8) is 0 Å². The number of hydrogen-bond acceptors (Lipinski definition) is 4. The maximum absolute atomic E-state index is 12.2. The van der Waals surface area contributed by atoms with Gasteiger partial charge in [-0.15, -0.1) is 11.8 Å². The van der Waals surface area contributed by atoms with Crippen molar-refractivity contribution in [1.29, 1.82) is 0 Å². The molecular weight excluding hydrogens is 360 g/mol. The van der Waals surface area contributed by atoms with Gasteiger partial charge >= 0.3 is 0 Å². The zero-order valence-electron chi connectivity index (χ0n) is 16.2. The van der Waals surface area contributed by atoms with Gasteiger partial charge in [-0.3, -0.25) is 14.9 Å². The van der Waals surface area contributed by atoms with Gasteiger partial charge in [0.15, 0.2) is 0 Å². The molecule has 144 valence electrons. The summed E-state index contributed by atoms with van der Waals surface area (Å²) in [7, 11) is 0. The molecule has 0 aromatic heterocycles. The minimum atomic E-state index is -0.417. The van der Waals surface area contributed by atoms with Crippen molar-refractivity contribution in [3.05, 3.63) is 75.3 Å². The van der Waals surface area contributed by atoms with Gasteiger partial charge in [0.05, 0.1) is 16.7 Å². The van der Waals surface area contributed by atoms with E-state index in [-0.39, 0.29) is 23.1 Å². The second kappa shape index (κ2) is 9.04. The zero-order chi connectivity index (χ0) is 20.0. The maximum atomic E-state index is 12.2. The van der Waals surface area contributed by atoms with Crippen LogP contribution in [-0.2, 0) is 16.0 Å². The number of benzene rings is 2. The first kappa shape index (κ1) is 21.0. The number of nitrogens with zero attached hydrogens (tertiary/aromatic N) is 1. The Hall–Kier alpha value is -2.34. The number of nitro groups is 1. The van der Waals surface area contributed by atoms with E-state index in [4.69, 9.17) is 0 Å². The fourth-order valence-electron chi connectivity index (χ4n) is 2.61. The molecule has 2 aromatic carbocycles. The third kappa shape index (κ3) is 6.40. The lowest BCUT2D eigenvalue weighted by molar-refractivity contribution is -0.384. The van der Waals surface area contributed by atoms with E-state index in [1.54, 1.807) is 12.1 Å². The van der Waals surface area contributed by atoms with Crippen LogP contribution in [0.5, 0.6) is 0 Å². The van der Waals surface area contributed by atoms with Crippen LogP contribution in [0.3, 0.4) is 0 Å². The van der Waals surface area contributed by atoms with Crippen LogP contribution >= 0.6 is 11.8 Å². The number of carbonyl (C=O) groups is 1. The number of carbonyl (C=O) groups excluding carboxylic acids is 1. The van der Waals surface area contributed by atoms with Crippen LogP contribution in [0, 0.1) is 10.1 Å². The van der Waals surface area contributed by atoms with Crippen molar-refractivity contribution in [2.45, 2.75) is 44.9 Å². The Bertz CT molecular complexity index is 781. The molecule has 0 fully saturated rings. The van der Waals surface area contributed by atoms with Gasteiger partial charge in [-0.1, -0.05) is 57.2 Å². The highest BCUT2D eigenvalue weighted by atomic mass is 32.2. The smallest absolute Gasteiger partial charge is 0.269 e.